The molecule has 1 heterocycles. The molecule has 0 unspecified atom stereocenters. The van der Waals surface area contributed by atoms with Gasteiger partial charge in [-0.3, -0.25) is 10.0 Å². The second kappa shape index (κ2) is 8.28. The van der Waals surface area contributed by atoms with E-state index < -0.39 is 5.91 Å². The molecule has 7 nitrogen and oxygen atoms in total. The zero-order chi connectivity index (χ0) is 23.0. The number of aromatic nitrogens is 1. The molecule has 0 saturated heterocycles. The third kappa shape index (κ3) is 3.33. The third-order valence-electron chi connectivity index (χ3n) is 5.73. The highest BCUT2D eigenvalue weighted by Crippen LogP contribution is 2.41. The van der Waals surface area contributed by atoms with Crippen LogP contribution in [0.25, 0.3) is 27.4 Å². The van der Waals surface area contributed by atoms with E-state index in [4.69, 9.17) is 19.4 Å². The number of hydroxylamine groups is 1. The molecule has 0 aliphatic rings. The Morgan fingerprint density at radius 3 is 1.88 bits per heavy atom. The van der Waals surface area contributed by atoms with Gasteiger partial charge >= 0.3 is 0 Å². The number of nitrogens with one attached hydrogen (secondary N) is 1. The Morgan fingerprint density at radius 2 is 1.38 bits per heavy atom. The Balaban J connectivity index is 1.87. The smallest absolute Gasteiger partial charge is 0.274 e. The van der Waals surface area contributed by atoms with Gasteiger partial charge < -0.3 is 18.8 Å². The molecule has 1 amide bonds. The van der Waals surface area contributed by atoms with Crippen molar-refractivity contribution in [2.75, 3.05) is 21.3 Å². The van der Waals surface area contributed by atoms with Crippen molar-refractivity contribution in [2.24, 2.45) is 7.05 Å². The highest BCUT2D eigenvalue weighted by molar-refractivity contribution is 6.11. The average molecular weight is 432 g/mol. The van der Waals surface area contributed by atoms with Crippen LogP contribution in [0.2, 0.25) is 0 Å². The first-order valence-corrected chi connectivity index (χ1v) is 9.89. The van der Waals surface area contributed by atoms with E-state index in [1.165, 1.54) is 0 Å². The lowest BCUT2D eigenvalue weighted by molar-refractivity contribution is 0.0706. The van der Waals surface area contributed by atoms with Crippen molar-refractivity contribution in [3.63, 3.8) is 0 Å². The van der Waals surface area contributed by atoms with E-state index >= 15 is 0 Å². The van der Waals surface area contributed by atoms with Gasteiger partial charge in [-0.15, -0.1) is 0 Å². The minimum Gasteiger partial charge on any atom is -0.493 e. The molecule has 7 heteroatoms. The van der Waals surface area contributed by atoms with Crippen LogP contribution in [0.5, 0.6) is 17.2 Å². The molecule has 4 aromatic rings. The first-order valence-electron chi connectivity index (χ1n) is 9.89. The number of methoxy groups -OCH3 is 3. The van der Waals surface area contributed by atoms with Gasteiger partial charge in [-0.2, -0.15) is 0 Å². The van der Waals surface area contributed by atoms with Crippen LogP contribution in [-0.4, -0.2) is 37.0 Å². The van der Waals surface area contributed by atoms with Crippen LogP contribution in [0, 0.1) is 0 Å². The van der Waals surface area contributed by atoms with Crippen molar-refractivity contribution >= 4 is 33.3 Å². The molecular weight excluding hydrogens is 408 g/mol. The molecular formula is C25H24N2O5. The van der Waals surface area contributed by atoms with Gasteiger partial charge in [0.25, 0.3) is 5.91 Å². The monoisotopic (exact) mass is 432 g/mol. The number of rotatable bonds is 6. The lowest BCUT2D eigenvalue weighted by Crippen LogP contribution is -2.18. The Kier molecular flexibility index (Phi) is 5.50. The summed E-state index contributed by atoms with van der Waals surface area (Å²) in [5.74, 6) is 1.07. The van der Waals surface area contributed by atoms with Gasteiger partial charge in [0.2, 0.25) is 5.75 Å². The summed E-state index contributed by atoms with van der Waals surface area (Å²) in [5, 5.41) is 10.9. The number of fused-ring (bicyclic) bond motifs is 3. The first kappa shape index (κ1) is 21.3. The molecule has 0 aliphatic carbocycles. The Morgan fingerprint density at radius 1 is 0.844 bits per heavy atom. The van der Waals surface area contributed by atoms with Crippen LogP contribution < -0.4 is 19.7 Å². The maximum Gasteiger partial charge on any atom is 0.274 e. The predicted molar refractivity (Wildman–Crippen MR) is 124 cm³/mol. The minimum atomic E-state index is -0.554. The lowest BCUT2D eigenvalue weighted by atomic mass is 9.97. The topological polar surface area (TPSA) is 82.0 Å². The number of aryl methyl sites for hydroxylation is 1. The van der Waals surface area contributed by atoms with E-state index in [1.54, 1.807) is 38.9 Å². The number of hydrogen-bond donors (Lipinski definition) is 2. The molecule has 0 fully saturated rings. The van der Waals surface area contributed by atoms with Crippen LogP contribution in [0.4, 0.5) is 0 Å². The SMILES string of the molecule is C=C(c1cc(OC)c(OC)c(OC)c1)c1ccc2c(c1)c1cc(C(=O)NO)ccc1n2C. The van der Waals surface area contributed by atoms with Gasteiger partial charge in [-0.05, 0) is 59.2 Å². The lowest BCUT2D eigenvalue weighted by Gasteiger charge is -2.15. The van der Waals surface area contributed by atoms with E-state index in [1.807, 2.05) is 43.4 Å². The van der Waals surface area contributed by atoms with Crippen molar-refractivity contribution in [1.82, 2.24) is 10.0 Å². The second-order valence-corrected chi connectivity index (χ2v) is 7.36. The summed E-state index contributed by atoms with van der Waals surface area (Å²) < 4.78 is 18.4. The molecule has 3 aromatic carbocycles. The molecule has 164 valence electrons. The van der Waals surface area contributed by atoms with Crippen molar-refractivity contribution in [3.8, 4) is 17.2 Å². The second-order valence-electron chi connectivity index (χ2n) is 7.36. The van der Waals surface area contributed by atoms with Crippen molar-refractivity contribution in [2.45, 2.75) is 0 Å². The van der Waals surface area contributed by atoms with Crippen LogP contribution in [0.1, 0.15) is 21.5 Å². The molecule has 32 heavy (non-hydrogen) atoms. The summed E-state index contributed by atoms with van der Waals surface area (Å²) in [4.78, 5) is 11.9. The van der Waals surface area contributed by atoms with E-state index in [0.29, 0.717) is 22.8 Å². The van der Waals surface area contributed by atoms with Gasteiger partial charge in [0.1, 0.15) is 0 Å². The number of ether oxygens (including phenoxy) is 3. The molecule has 0 saturated carbocycles. The standard InChI is InChI=1S/C25H24N2O5/c1-14(17-12-22(30-3)24(32-5)23(13-17)31-4)15-6-8-20-18(10-15)19-11-16(25(28)26-29)7-9-21(19)27(20)2/h6-13,29H,1H2,2-5H3,(H,26,28). The van der Waals surface area contributed by atoms with Crippen molar-refractivity contribution in [1.29, 1.82) is 0 Å². The van der Waals surface area contributed by atoms with E-state index in [-0.39, 0.29) is 0 Å². The predicted octanol–water partition coefficient (Wildman–Crippen LogP) is 4.54. The summed E-state index contributed by atoms with van der Waals surface area (Å²) in [5.41, 5.74) is 6.59. The zero-order valence-electron chi connectivity index (χ0n) is 18.4. The summed E-state index contributed by atoms with van der Waals surface area (Å²) in [6.45, 7) is 4.30. The Labute approximate surface area is 185 Å². The third-order valence-corrected chi connectivity index (χ3v) is 5.73. The van der Waals surface area contributed by atoms with E-state index in [9.17, 15) is 4.79 Å². The molecule has 0 radical (unpaired) electrons. The normalized spacial score (nSPS) is 10.9. The Bertz CT molecular complexity index is 1350. The first-order chi connectivity index (χ1) is 15.4. The number of benzene rings is 3. The fourth-order valence-corrected chi connectivity index (χ4v) is 4.03. The molecule has 2 N–H and O–H groups in total. The Hall–Kier alpha value is -3.97. The average Bonchev–Trinajstić information content (AvgIpc) is 3.12. The zero-order valence-corrected chi connectivity index (χ0v) is 18.4. The van der Waals surface area contributed by atoms with E-state index in [2.05, 4.69) is 11.1 Å². The summed E-state index contributed by atoms with van der Waals surface area (Å²) in [6, 6.07) is 15.1. The van der Waals surface area contributed by atoms with Gasteiger partial charge in [0.05, 0.1) is 21.3 Å². The molecule has 4 rings (SSSR count). The molecule has 0 bridgehead atoms. The summed E-state index contributed by atoms with van der Waals surface area (Å²) in [6.07, 6.45) is 0. The molecule has 0 spiro atoms. The highest BCUT2D eigenvalue weighted by Gasteiger charge is 2.17. The number of carbonyl (C=O) groups excluding carboxylic acids is 1. The number of amides is 1. The number of nitrogens with zero attached hydrogens (tertiary/aromatic N) is 1. The van der Waals surface area contributed by atoms with E-state index in [0.717, 1.165) is 38.5 Å². The van der Waals surface area contributed by atoms with Crippen LogP contribution >= 0.6 is 0 Å². The van der Waals surface area contributed by atoms with Gasteiger partial charge in [0.15, 0.2) is 11.5 Å². The van der Waals surface area contributed by atoms with Gasteiger partial charge in [-0.25, -0.2) is 5.48 Å². The summed E-state index contributed by atoms with van der Waals surface area (Å²) in [7, 11) is 6.69. The van der Waals surface area contributed by atoms with Gasteiger partial charge in [-0.1, -0.05) is 12.6 Å². The quantitative estimate of drug-likeness (QED) is 0.345. The molecule has 1 aromatic heterocycles. The van der Waals surface area contributed by atoms with Crippen LogP contribution in [-0.2, 0) is 7.05 Å². The largest absolute Gasteiger partial charge is 0.493 e. The maximum absolute atomic E-state index is 11.9. The summed E-state index contributed by atoms with van der Waals surface area (Å²) >= 11 is 0. The van der Waals surface area contributed by atoms with Crippen LogP contribution in [0.15, 0.2) is 55.1 Å². The maximum atomic E-state index is 11.9. The van der Waals surface area contributed by atoms with Crippen molar-refractivity contribution < 1.29 is 24.2 Å². The van der Waals surface area contributed by atoms with Crippen molar-refractivity contribution in [3.05, 3.63) is 71.8 Å². The molecule has 0 aliphatic heterocycles. The molecule has 0 atom stereocenters. The minimum absolute atomic E-state index is 0.376. The number of hydrogen-bond acceptors (Lipinski definition) is 5. The fraction of sp³-hybridized carbons (Fsp3) is 0.160. The van der Waals surface area contributed by atoms with Crippen LogP contribution in [0.3, 0.4) is 0 Å². The number of carbonyl (C=O) groups is 1. The fourth-order valence-electron chi connectivity index (χ4n) is 4.03. The van der Waals surface area contributed by atoms with Gasteiger partial charge in [0, 0.05) is 34.4 Å². The highest BCUT2D eigenvalue weighted by atomic mass is 16.5.